The van der Waals surface area contributed by atoms with Gasteiger partial charge in [0.2, 0.25) is 10.0 Å². The summed E-state index contributed by atoms with van der Waals surface area (Å²) in [6, 6.07) is 14.0. The largest absolute Gasteiger partial charge is 0.493 e. The Kier molecular flexibility index (Phi) is 6.28. The Hall–Kier alpha value is -2.49. The molecule has 0 bridgehead atoms. The number of para-hydroxylation sites is 1. The fourth-order valence-corrected chi connectivity index (χ4v) is 4.42. The van der Waals surface area contributed by atoms with Gasteiger partial charge in [0.25, 0.3) is 5.91 Å². The minimum Gasteiger partial charge on any atom is -0.493 e. The van der Waals surface area contributed by atoms with Gasteiger partial charge in [0.1, 0.15) is 5.75 Å². The third-order valence-electron chi connectivity index (χ3n) is 3.98. The monoisotopic (exact) mass is 419 g/mol. The maximum atomic E-state index is 12.3. The topological polar surface area (TPSA) is 104 Å². The van der Waals surface area contributed by atoms with Crippen LogP contribution in [-0.2, 0) is 21.4 Å². The number of nitrogens with two attached hydrogens (primary N) is 1. The van der Waals surface area contributed by atoms with Crippen molar-refractivity contribution in [3.63, 3.8) is 0 Å². The molecule has 0 radical (unpaired) electrons. The van der Waals surface area contributed by atoms with Gasteiger partial charge in [-0.2, -0.15) is 4.99 Å². The van der Waals surface area contributed by atoms with Gasteiger partial charge < -0.3 is 9.30 Å². The first-order valence-corrected chi connectivity index (χ1v) is 11.2. The van der Waals surface area contributed by atoms with Gasteiger partial charge in [0.15, 0.2) is 4.80 Å². The van der Waals surface area contributed by atoms with Crippen LogP contribution >= 0.6 is 11.3 Å². The molecule has 9 heteroatoms. The zero-order valence-electron chi connectivity index (χ0n) is 15.4. The number of nitrogens with zero attached hydrogens (tertiary/aromatic N) is 2. The average Bonchev–Trinajstić information content (AvgIpc) is 2.99. The van der Waals surface area contributed by atoms with Crippen LogP contribution in [0, 0.1) is 0 Å². The van der Waals surface area contributed by atoms with Gasteiger partial charge in [-0.1, -0.05) is 36.5 Å². The maximum absolute atomic E-state index is 12.3. The van der Waals surface area contributed by atoms with E-state index in [0.29, 0.717) is 21.8 Å². The van der Waals surface area contributed by atoms with Crippen LogP contribution in [0.5, 0.6) is 5.75 Å². The van der Waals surface area contributed by atoms with E-state index in [0.717, 1.165) is 11.9 Å². The second-order valence-electron chi connectivity index (χ2n) is 6.13. The van der Waals surface area contributed by atoms with Crippen molar-refractivity contribution >= 4 is 37.5 Å². The van der Waals surface area contributed by atoms with Crippen molar-refractivity contribution < 1.29 is 17.9 Å². The van der Waals surface area contributed by atoms with Gasteiger partial charge in [0, 0.05) is 6.54 Å². The number of hydrogen-bond donors (Lipinski definition) is 1. The highest BCUT2D eigenvalue weighted by atomic mass is 32.2. The molecule has 0 aliphatic heterocycles. The smallest absolute Gasteiger partial charge is 0.251 e. The molecule has 0 aliphatic rings. The number of thiazole rings is 1. The number of amides is 1. The molecule has 3 aromatic rings. The highest BCUT2D eigenvalue weighted by molar-refractivity contribution is 7.89. The van der Waals surface area contributed by atoms with Crippen molar-refractivity contribution in [1.29, 1.82) is 0 Å². The lowest BCUT2D eigenvalue weighted by atomic mass is 10.3. The molecule has 0 saturated heterocycles. The molecule has 0 aliphatic carbocycles. The molecule has 2 N–H and O–H groups in total. The van der Waals surface area contributed by atoms with Crippen LogP contribution in [0.4, 0.5) is 0 Å². The van der Waals surface area contributed by atoms with Crippen molar-refractivity contribution in [1.82, 2.24) is 4.57 Å². The Morgan fingerprint density at radius 2 is 1.96 bits per heavy atom. The Bertz CT molecular complexity index is 1150. The molecule has 0 saturated carbocycles. The summed E-state index contributed by atoms with van der Waals surface area (Å²) in [5, 5.41) is 5.21. The molecule has 1 heterocycles. The summed E-state index contributed by atoms with van der Waals surface area (Å²) in [6.45, 7) is 2.93. The number of aryl methyl sites for hydroxylation is 1. The van der Waals surface area contributed by atoms with Crippen LogP contribution in [0.2, 0.25) is 0 Å². The second-order valence-corrected chi connectivity index (χ2v) is 8.70. The van der Waals surface area contributed by atoms with Gasteiger partial charge in [-0.05, 0) is 36.8 Å². The lowest BCUT2D eigenvalue weighted by molar-refractivity contribution is -0.118. The van der Waals surface area contributed by atoms with Crippen LogP contribution in [-0.4, -0.2) is 25.5 Å². The first-order valence-electron chi connectivity index (χ1n) is 8.80. The number of sulfonamides is 1. The highest BCUT2D eigenvalue weighted by Crippen LogP contribution is 2.21. The molecule has 1 amide bonds. The van der Waals surface area contributed by atoms with E-state index < -0.39 is 10.0 Å². The van der Waals surface area contributed by atoms with E-state index in [1.54, 1.807) is 6.07 Å². The minimum atomic E-state index is -3.79. The molecule has 0 atom stereocenters. The third-order valence-corrected chi connectivity index (χ3v) is 5.93. The van der Waals surface area contributed by atoms with Gasteiger partial charge in [0.05, 0.1) is 28.1 Å². The van der Waals surface area contributed by atoms with Gasteiger partial charge in [-0.3, -0.25) is 4.79 Å². The van der Waals surface area contributed by atoms with Crippen molar-refractivity contribution in [2.75, 3.05) is 6.61 Å². The van der Waals surface area contributed by atoms with Crippen LogP contribution < -0.4 is 14.7 Å². The van der Waals surface area contributed by atoms with E-state index >= 15 is 0 Å². The van der Waals surface area contributed by atoms with Crippen LogP contribution in [0.1, 0.15) is 19.8 Å². The van der Waals surface area contributed by atoms with Crippen LogP contribution in [0.25, 0.3) is 10.2 Å². The minimum absolute atomic E-state index is 0.0408. The third kappa shape index (κ3) is 4.86. The van der Waals surface area contributed by atoms with E-state index in [9.17, 15) is 13.2 Å². The number of rotatable bonds is 7. The molecule has 148 valence electrons. The Morgan fingerprint density at radius 1 is 1.21 bits per heavy atom. The van der Waals surface area contributed by atoms with Gasteiger partial charge in [-0.25, -0.2) is 13.6 Å². The zero-order chi connectivity index (χ0) is 20.1. The van der Waals surface area contributed by atoms with Crippen molar-refractivity contribution in [3.05, 3.63) is 53.3 Å². The van der Waals surface area contributed by atoms with E-state index in [1.165, 1.54) is 23.5 Å². The predicted molar refractivity (Wildman–Crippen MR) is 109 cm³/mol. The number of carbonyl (C=O) groups is 1. The zero-order valence-corrected chi connectivity index (χ0v) is 17.0. The number of benzene rings is 2. The summed E-state index contributed by atoms with van der Waals surface area (Å²) in [4.78, 5) is 17.1. The summed E-state index contributed by atoms with van der Waals surface area (Å²) in [5.74, 6) is 0.410. The molecule has 0 spiro atoms. The normalized spacial score (nSPS) is 12.4. The molecule has 0 unspecified atom stereocenters. The van der Waals surface area contributed by atoms with E-state index in [-0.39, 0.29) is 23.8 Å². The predicted octanol–water partition coefficient (Wildman–Crippen LogP) is 2.66. The lowest BCUT2D eigenvalue weighted by Crippen LogP contribution is -2.17. The van der Waals surface area contributed by atoms with Crippen molar-refractivity contribution in [2.45, 2.75) is 31.2 Å². The second kappa shape index (κ2) is 8.68. The Labute approximate surface area is 167 Å². The van der Waals surface area contributed by atoms with E-state index in [4.69, 9.17) is 9.88 Å². The van der Waals surface area contributed by atoms with E-state index in [1.807, 2.05) is 41.8 Å². The highest BCUT2D eigenvalue weighted by Gasteiger charge is 2.13. The molecule has 2 aromatic carbocycles. The molecular weight excluding hydrogens is 398 g/mol. The number of hydrogen-bond acceptors (Lipinski definition) is 5. The number of aromatic nitrogens is 1. The molecule has 28 heavy (non-hydrogen) atoms. The van der Waals surface area contributed by atoms with Crippen molar-refractivity contribution in [2.24, 2.45) is 10.1 Å². The molecular formula is C19H21N3O4S2. The first kappa shape index (κ1) is 20.2. The van der Waals surface area contributed by atoms with Crippen LogP contribution in [0.3, 0.4) is 0 Å². The summed E-state index contributed by atoms with van der Waals surface area (Å²) in [6.07, 6.45) is 0.999. The lowest BCUT2D eigenvalue weighted by Gasteiger charge is -2.04. The number of ether oxygens (including phenoxy) is 1. The quantitative estimate of drug-likeness (QED) is 0.636. The number of carbonyl (C=O) groups excluding carboxylic acids is 1. The summed E-state index contributed by atoms with van der Waals surface area (Å²) in [5.41, 5.74) is 0.825. The first-order chi connectivity index (χ1) is 13.4. The molecule has 1 aromatic heterocycles. The SMILES string of the molecule is CCCn1c(=NC(=O)CCOc2ccccc2)sc2cc(S(N)(=O)=O)ccc21. The number of fused-ring (bicyclic) bond motifs is 1. The summed E-state index contributed by atoms with van der Waals surface area (Å²) in [7, 11) is -3.79. The Balaban J connectivity index is 1.85. The summed E-state index contributed by atoms with van der Waals surface area (Å²) >= 11 is 1.27. The van der Waals surface area contributed by atoms with Gasteiger partial charge in [-0.15, -0.1) is 0 Å². The Morgan fingerprint density at radius 3 is 2.64 bits per heavy atom. The standard InChI is InChI=1S/C19H21N3O4S2/c1-2-11-22-16-9-8-15(28(20,24)25)13-17(16)27-19(22)21-18(23)10-12-26-14-6-4-3-5-7-14/h3-9,13H,2,10-12H2,1H3,(H2,20,24,25). The molecule has 3 rings (SSSR count). The fraction of sp³-hybridized carbons (Fsp3) is 0.263. The van der Waals surface area contributed by atoms with Crippen LogP contribution in [0.15, 0.2) is 58.4 Å². The fourth-order valence-electron chi connectivity index (χ4n) is 2.69. The van der Waals surface area contributed by atoms with Gasteiger partial charge >= 0.3 is 0 Å². The number of primary sulfonamides is 1. The molecule has 0 fully saturated rings. The van der Waals surface area contributed by atoms with E-state index in [2.05, 4.69) is 4.99 Å². The maximum Gasteiger partial charge on any atom is 0.251 e. The van der Waals surface area contributed by atoms with Crippen molar-refractivity contribution in [3.8, 4) is 5.75 Å². The molecule has 7 nitrogen and oxygen atoms in total. The average molecular weight is 420 g/mol. The summed E-state index contributed by atoms with van der Waals surface area (Å²) < 4.78 is 31.4.